The molecule has 0 spiro atoms. The third-order valence-corrected chi connectivity index (χ3v) is 9.87. The highest BCUT2D eigenvalue weighted by Crippen LogP contribution is 2.45. The van der Waals surface area contributed by atoms with Crippen molar-refractivity contribution in [3.63, 3.8) is 0 Å². The van der Waals surface area contributed by atoms with Crippen LogP contribution in [-0.2, 0) is 0 Å². The summed E-state index contributed by atoms with van der Waals surface area (Å²) in [6, 6.07) is 12.7. The van der Waals surface area contributed by atoms with E-state index in [2.05, 4.69) is 19.1 Å². The van der Waals surface area contributed by atoms with Crippen molar-refractivity contribution in [1.82, 2.24) is 0 Å². The molecule has 2 saturated carbocycles. The fourth-order valence-electron chi connectivity index (χ4n) is 7.36. The number of hydrogen-bond donors (Lipinski definition) is 0. The third-order valence-electron chi connectivity index (χ3n) is 9.87. The summed E-state index contributed by atoms with van der Waals surface area (Å²) in [5.41, 5.74) is 1.66. The minimum Gasteiger partial charge on any atom is -0.490 e. The molecule has 1 nitrogen and oxygen atoms in total. The van der Waals surface area contributed by atoms with E-state index in [1.807, 2.05) is 6.92 Å². The second-order valence-corrected chi connectivity index (χ2v) is 12.5. The molecule has 0 amide bonds. The first kappa shape index (κ1) is 31.3. The lowest BCUT2D eigenvalue weighted by atomic mass is 9.68. The van der Waals surface area contributed by atoms with Crippen LogP contribution in [0.25, 0.3) is 22.3 Å². The molecule has 0 aromatic heterocycles. The molecule has 2 aliphatic rings. The summed E-state index contributed by atoms with van der Waals surface area (Å²) >= 11 is 0. The van der Waals surface area contributed by atoms with Gasteiger partial charge in [0.15, 0.2) is 23.2 Å². The Bertz CT molecular complexity index is 1380. The molecule has 3 aromatic carbocycles. The smallest absolute Gasteiger partial charge is 0.201 e. The molecule has 2 fully saturated rings. The summed E-state index contributed by atoms with van der Waals surface area (Å²) in [6.45, 7) is 4.27. The molecule has 2 aliphatic carbocycles. The van der Waals surface area contributed by atoms with Gasteiger partial charge in [0.1, 0.15) is 0 Å². The molecule has 0 heterocycles. The Labute approximate surface area is 254 Å². The van der Waals surface area contributed by atoms with Crippen molar-refractivity contribution in [3.05, 3.63) is 89.5 Å². The lowest BCUT2D eigenvalue weighted by Crippen LogP contribution is -2.25. The van der Waals surface area contributed by atoms with Crippen LogP contribution in [0, 0.1) is 41.0 Å². The van der Waals surface area contributed by atoms with Gasteiger partial charge < -0.3 is 4.74 Å². The van der Waals surface area contributed by atoms with Gasteiger partial charge in [0.2, 0.25) is 5.82 Å². The number of benzene rings is 3. The van der Waals surface area contributed by atoms with Crippen molar-refractivity contribution in [2.24, 2.45) is 17.8 Å². The number of rotatable bonds is 10. The molecule has 0 radical (unpaired) electrons. The molecule has 0 N–H and O–H groups in total. The van der Waals surface area contributed by atoms with Gasteiger partial charge in [-0.1, -0.05) is 68.3 Å². The number of allylic oxidation sites excluding steroid dienone is 2. The van der Waals surface area contributed by atoms with E-state index in [1.165, 1.54) is 50.7 Å². The Morgan fingerprint density at radius 1 is 0.674 bits per heavy atom. The van der Waals surface area contributed by atoms with Gasteiger partial charge in [-0.25, -0.2) is 13.2 Å². The van der Waals surface area contributed by atoms with Gasteiger partial charge in [-0.05, 0) is 117 Å². The Morgan fingerprint density at radius 3 is 1.81 bits per heavy atom. The first-order valence-electron chi connectivity index (χ1n) is 16.2. The molecule has 0 saturated heterocycles. The lowest BCUT2D eigenvalue weighted by Gasteiger charge is -2.38. The SMILES string of the molecule is CC=CCCC1CCC(C2CCC(c3ccc(-c4ccc(-c5ccc(OCCC)c(F)c5F)cc4)c(F)c3F)CC2)CC1. The third kappa shape index (κ3) is 7.19. The van der Waals surface area contributed by atoms with E-state index in [-0.39, 0.29) is 22.8 Å². The molecule has 0 aliphatic heterocycles. The Morgan fingerprint density at radius 2 is 1.23 bits per heavy atom. The van der Waals surface area contributed by atoms with Crippen LogP contribution in [0.2, 0.25) is 0 Å². The minimum absolute atomic E-state index is 0.0431. The van der Waals surface area contributed by atoms with Gasteiger partial charge in [0.25, 0.3) is 0 Å². The van der Waals surface area contributed by atoms with E-state index < -0.39 is 23.3 Å². The van der Waals surface area contributed by atoms with Crippen molar-refractivity contribution in [2.45, 2.75) is 90.4 Å². The van der Waals surface area contributed by atoms with Crippen LogP contribution < -0.4 is 4.74 Å². The van der Waals surface area contributed by atoms with Crippen molar-refractivity contribution in [2.75, 3.05) is 6.61 Å². The molecule has 5 rings (SSSR count). The maximum atomic E-state index is 15.4. The maximum Gasteiger partial charge on any atom is 0.201 e. The van der Waals surface area contributed by atoms with E-state index in [0.717, 1.165) is 37.5 Å². The van der Waals surface area contributed by atoms with Gasteiger partial charge in [0, 0.05) is 11.1 Å². The average molecular weight is 593 g/mol. The molecule has 0 bridgehead atoms. The molecular formula is C38H44F4O. The zero-order chi connectivity index (χ0) is 30.3. The summed E-state index contributed by atoms with van der Waals surface area (Å²) in [4.78, 5) is 0. The van der Waals surface area contributed by atoms with Crippen LogP contribution >= 0.6 is 0 Å². The highest BCUT2D eigenvalue weighted by Gasteiger charge is 2.32. The quantitative estimate of drug-likeness (QED) is 0.168. The molecule has 43 heavy (non-hydrogen) atoms. The predicted molar refractivity (Wildman–Crippen MR) is 167 cm³/mol. The van der Waals surface area contributed by atoms with E-state index >= 15 is 8.78 Å². The summed E-state index contributed by atoms with van der Waals surface area (Å²) in [5, 5.41) is 0. The van der Waals surface area contributed by atoms with Crippen molar-refractivity contribution >= 4 is 0 Å². The van der Waals surface area contributed by atoms with Crippen molar-refractivity contribution in [3.8, 4) is 28.0 Å². The first-order chi connectivity index (χ1) is 20.9. The normalized spacial score (nSPS) is 22.7. The molecule has 0 unspecified atom stereocenters. The van der Waals surface area contributed by atoms with E-state index in [1.54, 1.807) is 36.4 Å². The molecule has 0 atom stereocenters. The van der Waals surface area contributed by atoms with Gasteiger partial charge in [0.05, 0.1) is 6.61 Å². The number of hydrogen-bond acceptors (Lipinski definition) is 1. The van der Waals surface area contributed by atoms with E-state index in [0.29, 0.717) is 35.6 Å². The van der Waals surface area contributed by atoms with Gasteiger partial charge in [-0.3, -0.25) is 0 Å². The maximum absolute atomic E-state index is 15.4. The van der Waals surface area contributed by atoms with E-state index in [9.17, 15) is 8.78 Å². The van der Waals surface area contributed by atoms with E-state index in [4.69, 9.17) is 4.74 Å². The zero-order valence-electron chi connectivity index (χ0n) is 25.5. The van der Waals surface area contributed by atoms with Crippen LogP contribution in [0.15, 0.2) is 60.7 Å². The lowest BCUT2D eigenvalue weighted by molar-refractivity contribution is 0.156. The van der Waals surface area contributed by atoms with Crippen LogP contribution in [-0.4, -0.2) is 6.61 Å². The van der Waals surface area contributed by atoms with Gasteiger partial charge in [-0.15, -0.1) is 0 Å². The predicted octanol–water partition coefficient (Wildman–Crippen LogP) is 11.8. The van der Waals surface area contributed by atoms with Crippen molar-refractivity contribution < 1.29 is 22.3 Å². The molecule has 3 aromatic rings. The Hall–Kier alpha value is -3.08. The fourth-order valence-corrected chi connectivity index (χ4v) is 7.36. The molecular weight excluding hydrogens is 548 g/mol. The largest absolute Gasteiger partial charge is 0.490 e. The van der Waals surface area contributed by atoms with Crippen molar-refractivity contribution in [1.29, 1.82) is 0 Å². The van der Waals surface area contributed by atoms with Crippen LogP contribution in [0.4, 0.5) is 17.6 Å². The highest BCUT2D eigenvalue weighted by molar-refractivity contribution is 5.72. The zero-order valence-corrected chi connectivity index (χ0v) is 25.5. The second kappa shape index (κ2) is 14.6. The van der Waals surface area contributed by atoms with Gasteiger partial charge >= 0.3 is 0 Å². The Kier molecular flexibility index (Phi) is 10.6. The molecule has 230 valence electrons. The minimum atomic E-state index is -1.03. The van der Waals surface area contributed by atoms with Crippen LogP contribution in [0.3, 0.4) is 0 Å². The molecule has 5 heteroatoms. The first-order valence-corrected chi connectivity index (χ1v) is 16.2. The number of halogens is 4. The average Bonchev–Trinajstić information content (AvgIpc) is 3.04. The second-order valence-electron chi connectivity index (χ2n) is 12.5. The summed E-state index contributed by atoms with van der Waals surface area (Å²) in [5.74, 6) is -1.37. The standard InChI is InChI=1S/C38H44F4O/c1-3-5-6-7-25-8-10-26(11-9-25)27-12-14-28(15-13-27)31-20-21-32(36(40)35(31)39)29-16-18-30(19-17-29)33-22-23-34(43-24-4-2)38(42)37(33)41/h3,5,16-23,25-28H,4,6-15,24H2,1-2H3. The highest BCUT2D eigenvalue weighted by atomic mass is 19.2. The summed E-state index contributed by atoms with van der Waals surface area (Å²) in [7, 11) is 0. The topological polar surface area (TPSA) is 9.23 Å². The van der Waals surface area contributed by atoms with Crippen LogP contribution in [0.5, 0.6) is 5.75 Å². The van der Waals surface area contributed by atoms with Gasteiger partial charge in [-0.2, -0.15) is 4.39 Å². The fraction of sp³-hybridized carbons (Fsp3) is 0.474. The monoisotopic (exact) mass is 592 g/mol. The Balaban J connectivity index is 1.21. The van der Waals surface area contributed by atoms with Crippen LogP contribution in [0.1, 0.15) is 96.0 Å². The summed E-state index contributed by atoms with van der Waals surface area (Å²) < 4.78 is 65.4. The summed E-state index contributed by atoms with van der Waals surface area (Å²) in [6.07, 6.45) is 16.9. The number of ether oxygens (including phenoxy) is 1.